The summed E-state index contributed by atoms with van der Waals surface area (Å²) in [5, 5.41) is 23.5. The van der Waals surface area contributed by atoms with Crippen molar-refractivity contribution in [3.8, 4) is 6.07 Å². The summed E-state index contributed by atoms with van der Waals surface area (Å²) in [6.45, 7) is 3.95. The third kappa shape index (κ3) is 3.83. The topological polar surface area (TPSA) is 96.0 Å². The SMILES string of the molecule is CC1(C)Cc2cc(Cl)c([N+](=O)[O-])cc2/C(=C/C(=O)c2ccc(C#N)cc2)N1. The van der Waals surface area contributed by atoms with Gasteiger partial charge in [0.1, 0.15) is 5.02 Å². The van der Waals surface area contributed by atoms with Gasteiger partial charge in [-0.25, -0.2) is 0 Å². The molecule has 0 aromatic heterocycles. The number of nitriles is 1. The van der Waals surface area contributed by atoms with E-state index < -0.39 is 4.92 Å². The lowest BCUT2D eigenvalue weighted by atomic mass is 9.85. The van der Waals surface area contributed by atoms with Crippen LogP contribution in [0.15, 0.2) is 42.5 Å². The zero-order valence-electron chi connectivity index (χ0n) is 14.7. The summed E-state index contributed by atoms with van der Waals surface area (Å²) in [4.78, 5) is 23.4. The lowest BCUT2D eigenvalue weighted by molar-refractivity contribution is -0.384. The van der Waals surface area contributed by atoms with Crippen molar-refractivity contribution in [3.05, 3.63) is 79.9 Å². The van der Waals surface area contributed by atoms with Crippen molar-refractivity contribution in [2.24, 2.45) is 0 Å². The second-order valence-corrected chi connectivity index (χ2v) is 7.42. The number of halogens is 1. The maximum absolute atomic E-state index is 12.7. The number of allylic oxidation sites excluding steroid dienone is 1. The molecule has 7 heteroatoms. The van der Waals surface area contributed by atoms with E-state index in [0.717, 1.165) is 5.56 Å². The van der Waals surface area contributed by atoms with E-state index >= 15 is 0 Å². The average molecular weight is 382 g/mol. The Kier molecular flexibility index (Phi) is 4.73. The standard InChI is InChI=1S/C20H16ClN3O3/c1-20(2)10-14-7-16(21)18(24(26)27)8-15(14)17(23-20)9-19(25)13-5-3-12(11-22)4-6-13/h3-9,23H,10H2,1-2H3/b17-9-. The molecule has 2 aromatic carbocycles. The van der Waals surface area contributed by atoms with Gasteiger partial charge in [-0.3, -0.25) is 14.9 Å². The van der Waals surface area contributed by atoms with Crippen molar-refractivity contribution in [1.29, 1.82) is 5.26 Å². The summed E-state index contributed by atoms with van der Waals surface area (Å²) in [7, 11) is 0. The maximum Gasteiger partial charge on any atom is 0.288 e. The van der Waals surface area contributed by atoms with Crippen molar-refractivity contribution in [1.82, 2.24) is 5.32 Å². The number of nitrogens with zero attached hydrogens (tertiary/aromatic N) is 2. The molecular formula is C20H16ClN3O3. The minimum Gasteiger partial charge on any atom is -0.379 e. The highest BCUT2D eigenvalue weighted by Gasteiger charge is 2.30. The molecule has 0 amide bonds. The molecule has 27 heavy (non-hydrogen) atoms. The van der Waals surface area contributed by atoms with Crippen molar-refractivity contribution in [3.63, 3.8) is 0 Å². The molecule has 3 rings (SSSR count). The number of nitro groups is 1. The second-order valence-electron chi connectivity index (χ2n) is 7.01. The molecule has 0 fully saturated rings. The van der Waals surface area contributed by atoms with Gasteiger partial charge in [0.15, 0.2) is 5.78 Å². The Hall–Kier alpha value is -3.17. The Morgan fingerprint density at radius 3 is 2.59 bits per heavy atom. The molecule has 0 spiro atoms. The van der Waals surface area contributed by atoms with Crippen molar-refractivity contribution in [2.75, 3.05) is 0 Å². The summed E-state index contributed by atoms with van der Waals surface area (Å²) in [5.74, 6) is -0.261. The number of carbonyl (C=O) groups is 1. The highest BCUT2D eigenvalue weighted by molar-refractivity contribution is 6.32. The van der Waals surface area contributed by atoms with Crippen molar-refractivity contribution < 1.29 is 9.72 Å². The number of ketones is 1. The lowest BCUT2D eigenvalue weighted by Crippen LogP contribution is -2.43. The zero-order chi connectivity index (χ0) is 19.8. The van der Waals surface area contributed by atoms with Gasteiger partial charge in [-0.05, 0) is 56.2 Å². The summed E-state index contributed by atoms with van der Waals surface area (Å²) in [6, 6.07) is 11.3. The molecule has 0 bridgehead atoms. The first-order valence-corrected chi connectivity index (χ1v) is 8.59. The normalized spacial score (nSPS) is 16.1. The Labute approximate surface area is 161 Å². The molecule has 0 saturated carbocycles. The van der Waals surface area contributed by atoms with Crippen LogP contribution >= 0.6 is 11.6 Å². The van der Waals surface area contributed by atoms with Gasteiger partial charge in [0.05, 0.1) is 16.6 Å². The van der Waals surface area contributed by atoms with Gasteiger partial charge in [-0.15, -0.1) is 0 Å². The molecule has 0 atom stereocenters. The molecule has 0 unspecified atom stereocenters. The number of fused-ring (bicyclic) bond motifs is 1. The monoisotopic (exact) mass is 381 g/mol. The smallest absolute Gasteiger partial charge is 0.288 e. The number of nitrogens with one attached hydrogen (secondary N) is 1. The van der Waals surface area contributed by atoms with Crippen LogP contribution in [0.4, 0.5) is 5.69 Å². The van der Waals surface area contributed by atoms with Gasteiger partial charge >= 0.3 is 0 Å². The minimum atomic E-state index is -0.539. The number of hydrogen-bond donors (Lipinski definition) is 1. The van der Waals surface area contributed by atoms with E-state index in [0.29, 0.717) is 28.8 Å². The predicted octanol–water partition coefficient (Wildman–Crippen LogP) is 4.27. The van der Waals surface area contributed by atoms with E-state index in [2.05, 4.69) is 5.32 Å². The first kappa shape index (κ1) is 18.6. The molecule has 136 valence electrons. The summed E-state index contributed by atoms with van der Waals surface area (Å²) in [6.07, 6.45) is 2.04. The van der Waals surface area contributed by atoms with Crippen LogP contribution in [0, 0.1) is 21.4 Å². The van der Waals surface area contributed by atoms with E-state index in [-0.39, 0.29) is 22.0 Å². The Balaban J connectivity index is 2.08. The highest BCUT2D eigenvalue weighted by Crippen LogP contribution is 2.36. The predicted molar refractivity (Wildman–Crippen MR) is 102 cm³/mol. The van der Waals surface area contributed by atoms with Gasteiger partial charge in [-0.2, -0.15) is 5.26 Å². The quantitative estimate of drug-likeness (QED) is 0.370. The van der Waals surface area contributed by atoms with Crippen LogP contribution in [0.1, 0.15) is 40.9 Å². The van der Waals surface area contributed by atoms with Crippen LogP contribution < -0.4 is 5.32 Å². The van der Waals surface area contributed by atoms with Gasteiger partial charge < -0.3 is 5.32 Å². The first-order chi connectivity index (χ1) is 12.7. The molecule has 1 N–H and O–H groups in total. The van der Waals surface area contributed by atoms with Crippen LogP contribution in [-0.2, 0) is 6.42 Å². The van der Waals surface area contributed by atoms with E-state index in [1.165, 1.54) is 12.1 Å². The molecule has 1 aliphatic rings. The Morgan fingerprint density at radius 2 is 2.00 bits per heavy atom. The van der Waals surface area contributed by atoms with E-state index in [4.69, 9.17) is 16.9 Å². The number of nitro benzene ring substituents is 1. The molecule has 1 aliphatic heterocycles. The van der Waals surface area contributed by atoms with Crippen LogP contribution in [0.25, 0.3) is 5.70 Å². The Bertz CT molecular complexity index is 1020. The fourth-order valence-corrected chi connectivity index (χ4v) is 3.38. The molecule has 1 heterocycles. The molecule has 6 nitrogen and oxygen atoms in total. The minimum absolute atomic E-state index is 0.0780. The number of rotatable bonds is 3. The van der Waals surface area contributed by atoms with Gasteiger partial charge in [0.25, 0.3) is 5.69 Å². The van der Waals surface area contributed by atoms with Crippen molar-refractivity contribution in [2.45, 2.75) is 25.8 Å². The maximum atomic E-state index is 12.7. The molecule has 2 aromatic rings. The second kappa shape index (κ2) is 6.86. The summed E-state index contributed by atoms with van der Waals surface area (Å²) < 4.78 is 0. The van der Waals surface area contributed by atoms with Gasteiger partial charge in [-0.1, -0.05) is 11.6 Å². The summed E-state index contributed by atoms with van der Waals surface area (Å²) >= 11 is 6.05. The van der Waals surface area contributed by atoms with Crippen LogP contribution in [-0.4, -0.2) is 16.2 Å². The fraction of sp³-hybridized carbons (Fsp3) is 0.200. The fourth-order valence-electron chi connectivity index (χ4n) is 3.13. The summed E-state index contributed by atoms with van der Waals surface area (Å²) in [5.41, 5.74) is 2.29. The lowest BCUT2D eigenvalue weighted by Gasteiger charge is -2.35. The van der Waals surface area contributed by atoms with E-state index in [9.17, 15) is 14.9 Å². The van der Waals surface area contributed by atoms with E-state index in [1.807, 2.05) is 19.9 Å². The van der Waals surface area contributed by atoms with Crippen LogP contribution in [0.2, 0.25) is 5.02 Å². The highest BCUT2D eigenvalue weighted by atomic mass is 35.5. The Morgan fingerprint density at radius 1 is 1.33 bits per heavy atom. The number of hydrogen-bond acceptors (Lipinski definition) is 5. The average Bonchev–Trinajstić information content (AvgIpc) is 2.60. The van der Waals surface area contributed by atoms with Crippen molar-refractivity contribution >= 4 is 28.8 Å². The van der Waals surface area contributed by atoms with Crippen LogP contribution in [0.5, 0.6) is 0 Å². The first-order valence-electron chi connectivity index (χ1n) is 8.22. The zero-order valence-corrected chi connectivity index (χ0v) is 15.5. The number of benzene rings is 2. The van der Waals surface area contributed by atoms with E-state index in [1.54, 1.807) is 30.3 Å². The third-order valence-electron chi connectivity index (χ3n) is 4.34. The van der Waals surface area contributed by atoms with Gasteiger partial charge in [0, 0.05) is 34.5 Å². The molecule has 0 radical (unpaired) electrons. The molecule has 0 aliphatic carbocycles. The number of carbonyl (C=O) groups excluding carboxylic acids is 1. The molecular weight excluding hydrogens is 366 g/mol. The largest absolute Gasteiger partial charge is 0.379 e. The van der Waals surface area contributed by atoms with Crippen LogP contribution in [0.3, 0.4) is 0 Å². The van der Waals surface area contributed by atoms with Gasteiger partial charge in [0.2, 0.25) is 0 Å². The molecule has 0 saturated heterocycles. The third-order valence-corrected chi connectivity index (χ3v) is 4.64.